The van der Waals surface area contributed by atoms with Crippen molar-refractivity contribution in [3.8, 4) is 0 Å². The molecule has 0 amide bonds. The van der Waals surface area contributed by atoms with Crippen LogP contribution in [0.4, 0.5) is 0 Å². The SMILES string of the molecule is CC(C)(C)OC(C[SiH2]CC[SiH2]CC(OC(C)(C)C)OC(C)(C)C)OC(C)(C)C. The lowest BCUT2D eigenvalue weighted by Crippen LogP contribution is -2.36. The molecule has 0 rings (SSSR count). The van der Waals surface area contributed by atoms with E-state index in [0.29, 0.717) is 0 Å². The van der Waals surface area contributed by atoms with Gasteiger partial charge in [0, 0.05) is 19.0 Å². The molecule has 0 saturated heterocycles. The maximum atomic E-state index is 6.15. The van der Waals surface area contributed by atoms with E-state index in [1.54, 1.807) is 0 Å². The van der Waals surface area contributed by atoms with Crippen molar-refractivity contribution < 1.29 is 18.9 Å². The molecular weight excluding hydrogens is 384 g/mol. The van der Waals surface area contributed by atoms with E-state index in [2.05, 4.69) is 83.1 Å². The van der Waals surface area contributed by atoms with Gasteiger partial charge in [0.05, 0.1) is 22.4 Å². The average Bonchev–Trinajstić information content (AvgIpc) is 2.34. The highest BCUT2D eigenvalue weighted by Crippen LogP contribution is 2.22. The first-order valence-corrected chi connectivity index (χ1v) is 15.1. The molecule has 0 aromatic heterocycles. The van der Waals surface area contributed by atoms with Crippen LogP contribution in [0.25, 0.3) is 0 Å². The summed E-state index contributed by atoms with van der Waals surface area (Å²) in [5, 5.41) is 0. The quantitative estimate of drug-likeness (QED) is 0.263. The molecule has 0 aliphatic heterocycles. The first-order chi connectivity index (χ1) is 12.4. The first-order valence-electron chi connectivity index (χ1n) is 11.1. The van der Waals surface area contributed by atoms with Crippen LogP contribution in [0.15, 0.2) is 0 Å². The Morgan fingerprint density at radius 1 is 0.464 bits per heavy atom. The van der Waals surface area contributed by atoms with Gasteiger partial charge in [-0.15, -0.1) is 0 Å². The van der Waals surface area contributed by atoms with Crippen molar-refractivity contribution in [3.05, 3.63) is 0 Å². The molecule has 0 spiro atoms. The van der Waals surface area contributed by atoms with E-state index in [4.69, 9.17) is 18.9 Å². The lowest BCUT2D eigenvalue weighted by molar-refractivity contribution is -0.224. The highest BCUT2D eigenvalue weighted by atomic mass is 28.2. The summed E-state index contributed by atoms with van der Waals surface area (Å²) in [6.45, 7) is 25.2. The molecule has 170 valence electrons. The Balaban J connectivity index is 4.34. The molecule has 0 bridgehead atoms. The van der Waals surface area contributed by atoms with E-state index >= 15 is 0 Å². The summed E-state index contributed by atoms with van der Waals surface area (Å²) < 4.78 is 24.6. The van der Waals surface area contributed by atoms with Crippen molar-refractivity contribution in [2.24, 2.45) is 0 Å². The molecular formula is C22H50O4Si2. The van der Waals surface area contributed by atoms with Gasteiger partial charge in [0.25, 0.3) is 0 Å². The summed E-state index contributed by atoms with van der Waals surface area (Å²) in [5.74, 6) is 0. The van der Waals surface area contributed by atoms with E-state index < -0.39 is 0 Å². The summed E-state index contributed by atoms with van der Waals surface area (Å²) in [5.41, 5.74) is -0.663. The van der Waals surface area contributed by atoms with Crippen LogP contribution in [-0.2, 0) is 18.9 Å². The number of hydrogen-bond acceptors (Lipinski definition) is 4. The molecule has 0 radical (unpaired) electrons. The minimum absolute atomic E-state index is 0.0745. The van der Waals surface area contributed by atoms with Crippen LogP contribution >= 0.6 is 0 Å². The van der Waals surface area contributed by atoms with E-state index in [9.17, 15) is 0 Å². The molecule has 0 atom stereocenters. The van der Waals surface area contributed by atoms with Gasteiger partial charge in [-0.3, -0.25) is 0 Å². The van der Waals surface area contributed by atoms with Gasteiger partial charge < -0.3 is 18.9 Å². The second kappa shape index (κ2) is 11.6. The summed E-state index contributed by atoms with van der Waals surface area (Å²) in [7, 11) is -0.366. The third-order valence-electron chi connectivity index (χ3n) is 3.57. The molecule has 28 heavy (non-hydrogen) atoms. The normalized spacial score (nSPS) is 15.2. The number of rotatable bonds is 11. The average molecular weight is 435 g/mol. The predicted octanol–water partition coefficient (Wildman–Crippen LogP) is 4.91. The van der Waals surface area contributed by atoms with Gasteiger partial charge in [0.1, 0.15) is 0 Å². The second-order valence-electron chi connectivity index (χ2n) is 11.8. The number of hydrogen-bond donors (Lipinski definition) is 0. The Morgan fingerprint density at radius 2 is 0.679 bits per heavy atom. The lowest BCUT2D eigenvalue weighted by Gasteiger charge is -2.33. The zero-order chi connectivity index (χ0) is 22.2. The molecule has 0 aromatic carbocycles. The van der Waals surface area contributed by atoms with E-state index in [1.807, 2.05) is 0 Å². The van der Waals surface area contributed by atoms with E-state index in [-0.39, 0.29) is 54.0 Å². The molecule has 0 fully saturated rings. The van der Waals surface area contributed by atoms with Crippen molar-refractivity contribution in [1.29, 1.82) is 0 Å². The van der Waals surface area contributed by atoms with Gasteiger partial charge in [-0.25, -0.2) is 0 Å². The topological polar surface area (TPSA) is 36.9 Å². The fourth-order valence-electron chi connectivity index (χ4n) is 2.84. The monoisotopic (exact) mass is 434 g/mol. The van der Waals surface area contributed by atoms with Crippen LogP contribution in [0.1, 0.15) is 83.1 Å². The van der Waals surface area contributed by atoms with Gasteiger partial charge in [0.15, 0.2) is 12.6 Å². The van der Waals surface area contributed by atoms with Crippen LogP contribution in [0.3, 0.4) is 0 Å². The van der Waals surface area contributed by atoms with E-state index in [0.717, 1.165) is 12.1 Å². The molecule has 0 aromatic rings. The summed E-state index contributed by atoms with van der Waals surface area (Å²) >= 11 is 0. The Bertz CT molecular complexity index is 342. The highest BCUT2D eigenvalue weighted by molar-refractivity contribution is 6.42. The summed E-state index contributed by atoms with van der Waals surface area (Å²) in [6, 6.07) is 4.90. The lowest BCUT2D eigenvalue weighted by atomic mass is 10.2. The fourth-order valence-corrected chi connectivity index (χ4v) is 7.38. The van der Waals surface area contributed by atoms with Crippen LogP contribution < -0.4 is 0 Å². The Hall–Kier alpha value is 0.274. The fraction of sp³-hybridized carbons (Fsp3) is 1.00. The molecule has 0 unspecified atom stereocenters. The Labute approximate surface area is 180 Å². The van der Waals surface area contributed by atoms with Gasteiger partial charge in [-0.1, -0.05) is 12.1 Å². The third-order valence-corrected chi connectivity index (χ3v) is 8.33. The Kier molecular flexibility index (Phi) is 11.7. The van der Waals surface area contributed by atoms with Gasteiger partial charge in [0.2, 0.25) is 0 Å². The van der Waals surface area contributed by atoms with Crippen molar-refractivity contribution in [1.82, 2.24) is 0 Å². The molecule has 0 saturated carbocycles. The minimum Gasteiger partial charge on any atom is -0.347 e. The maximum Gasteiger partial charge on any atom is 0.156 e. The van der Waals surface area contributed by atoms with Crippen molar-refractivity contribution in [2.75, 3.05) is 0 Å². The summed E-state index contributed by atoms with van der Waals surface area (Å²) in [4.78, 5) is 0. The minimum atomic E-state index is -0.183. The van der Waals surface area contributed by atoms with Crippen molar-refractivity contribution in [3.63, 3.8) is 0 Å². The molecule has 4 nitrogen and oxygen atoms in total. The van der Waals surface area contributed by atoms with Gasteiger partial charge >= 0.3 is 0 Å². The Morgan fingerprint density at radius 3 is 0.857 bits per heavy atom. The largest absolute Gasteiger partial charge is 0.347 e. The molecule has 0 heterocycles. The van der Waals surface area contributed by atoms with Crippen molar-refractivity contribution >= 4 is 19.0 Å². The first kappa shape index (κ1) is 28.3. The summed E-state index contributed by atoms with van der Waals surface area (Å²) in [6.07, 6.45) is -0.149. The predicted molar refractivity (Wildman–Crippen MR) is 127 cm³/mol. The van der Waals surface area contributed by atoms with Crippen LogP contribution in [0, 0.1) is 0 Å². The molecule has 0 N–H and O–H groups in total. The smallest absolute Gasteiger partial charge is 0.156 e. The van der Waals surface area contributed by atoms with Crippen LogP contribution in [0.2, 0.25) is 24.2 Å². The highest BCUT2D eigenvalue weighted by Gasteiger charge is 2.25. The van der Waals surface area contributed by atoms with Gasteiger partial charge in [-0.05, 0) is 95.2 Å². The van der Waals surface area contributed by atoms with Crippen LogP contribution in [0.5, 0.6) is 0 Å². The van der Waals surface area contributed by atoms with Gasteiger partial charge in [-0.2, -0.15) is 0 Å². The van der Waals surface area contributed by atoms with E-state index in [1.165, 1.54) is 12.1 Å². The molecule has 0 aliphatic rings. The zero-order valence-electron chi connectivity index (χ0n) is 21.0. The third kappa shape index (κ3) is 19.6. The van der Waals surface area contributed by atoms with Crippen molar-refractivity contribution in [2.45, 2.75) is 142 Å². The molecule has 0 aliphatic carbocycles. The second-order valence-corrected chi connectivity index (χ2v) is 15.8. The molecule has 6 heteroatoms. The standard InChI is InChI=1S/C22H50O4Si2/c1-19(2,3)23-17(24-20(4,5)6)15-27-13-14-28-16-18(25-21(7,8)9)26-22(10,11)12/h17-18H,13-16,27-28H2,1-12H3. The zero-order valence-corrected chi connectivity index (χ0v) is 23.9. The van der Waals surface area contributed by atoms with Crippen LogP contribution in [-0.4, -0.2) is 54.0 Å². The number of ether oxygens (including phenoxy) is 4. The maximum absolute atomic E-state index is 6.15.